The van der Waals surface area contributed by atoms with Crippen LogP contribution in [0.5, 0.6) is 11.5 Å². The predicted octanol–water partition coefficient (Wildman–Crippen LogP) is 2.99. The molecule has 10 heteroatoms. The second kappa shape index (κ2) is 11.1. The van der Waals surface area contributed by atoms with Crippen molar-refractivity contribution in [2.75, 3.05) is 24.0 Å². The van der Waals surface area contributed by atoms with E-state index in [2.05, 4.69) is 20.9 Å². The summed E-state index contributed by atoms with van der Waals surface area (Å²) in [5, 5.41) is 8.57. The highest BCUT2D eigenvalue weighted by Crippen LogP contribution is 2.28. The standard InChI is InChI=1S/C18H20N4O3S.2ClH/c1-11-3-4-12(22-18(24)15-9-26-10-21-15)7-16(11)25-13-5-6-20-14(8-13)17(23)19-2;;/h3-8,15,21H,9-10H2,1-2H3,(H,19,23)(H,22,24);2*1H. The molecule has 1 aromatic carbocycles. The SMILES string of the molecule is CNC(=O)c1cc(Oc2cc(NC(=O)C3CSCN3)ccc2C)ccn1.Cl.Cl. The Hall–Kier alpha value is -2.00. The summed E-state index contributed by atoms with van der Waals surface area (Å²) in [4.78, 5) is 28.0. The van der Waals surface area contributed by atoms with Crippen LogP contribution in [0.25, 0.3) is 0 Å². The number of hydrogen-bond donors (Lipinski definition) is 3. The Bertz CT molecular complexity index is 832. The number of pyridine rings is 1. The molecule has 2 aromatic rings. The molecule has 3 N–H and O–H groups in total. The van der Waals surface area contributed by atoms with E-state index in [-0.39, 0.29) is 48.4 Å². The highest BCUT2D eigenvalue weighted by Gasteiger charge is 2.22. The minimum absolute atomic E-state index is 0. The number of thioether (sulfide) groups is 1. The van der Waals surface area contributed by atoms with E-state index in [0.29, 0.717) is 17.2 Å². The molecule has 0 spiro atoms. The molecule has 0 radical (unpaired) electrons. The first kappa shape index (κ1) is 24.0. The van der Waals surface area contributed by atoms with Crippen molar-refractivity contribution in [3.8, 4) is 11.5 Å². The molecule has 0 aliphatic carbocycles. The zero-order chi connectivity index (χ0) is 18.5. The lowest BCUT2D eigenvalue weighted by atomic mass is 10.2. The summed E-state index contributed by atoms with van der Waals surface area (Å²) in [6.07, 6.45) is 1.52. The number of carbonyl (C=O) groups is 2. The molecule has 1 saturated heterocycles. The Kier molecular flexibility index (Phi) is 9.54. The number of aryl methyl sites for hydroxylation is 1. The summed E-state index contributed by atoms with van der Waals surface area (Å²) in [7, 11) is 1.55. The molecule has 1 aliphatic heterocycles. The van der Waals surface area contributed by atoms with Gasteiger partial charge in [0.05, 0.1) is 6.04 Å². The number of rotatable bonds is 5. The Morgan fingerprint density at radius 1 is 1.25 bits per heavy atom. The maximum atomic E-state index is 12.2. The minimum Gasteiger partial charge on any atom is -0.457 e. The van der Waals surface area contributed by atoms with Gasteiger partial charge in [0.1, 0.15) is 17.2 Å². The van der Waals surface area contributed by atoms with Crippen molar-refractivity contribution in [2.45, 2.75) is 13.0 Å². The van der Waals surface area contributed by atoms with E-state index >= 15 is 0 Å². The molecule has 0 saturated carbocycles. The Morgan fingerprint density at radius 2 is 2.04 bits per heavy atom. The van der Waals surface area contributed by atoms with Gasteiger partial charge in [0.2, 0.25) is 5.91 Å². The minimum atomic E-state index is -0.282. The number of carbonyl (C=O) groups excluding carboxylic acids is 2. The van der Waals surface area contributed by atoms with Gasteiger partial charge in [-0.25, -0.2) is 0 Å². The third-order valence-electron chi connectivity index (χ3n) is 3.91. The molecule has 7 nitrogen and oxygen atoms in total. The molecular formula is C18H22Cl2N4O3S. The zero-order valence-electron chi connectivity index (χ0n) is 15.4. The first-order chi connectivity index (χ1) is 12.6. The van der Waals surface area contributed by atoms with Gasteiger partial charge < -0.3 is 15.4 Å². The summed E-state index contributed by atoms with van der Waals surface area (Å²) >= 11 is 1.70. The largest absolute Gasteiger partial charge is 0.457 e. The van der Waals surface area contributed by atoms with E-state index in [4.69, 9.17) is 4.74 Å². The summed E-state index contributed by atoms with van der Waals surface area (Å²) in [6.45, 7) is 1.91. The molecule has 2 amide bonds. The van der Waals surface area contributed by atoms with E-state index in [0.717, 1.165) is 17.2 Å². The van der Waals surface area contributed by atoms with Gasteiger partial charge in [-0.15, -0.1) is 36.6 Å². The number of hydrogen-bond acceptors (Lipinski definition) is 6. The zero-order valence-corrected chi connectivity index (χ0v) is 17.8. The smallest absolute Gasteiger partial charge is 0.269 e. The highest BCUT2D eigenvalue weighted by molar-refractivity contribution is 7.99. The molecule has 1 fully saturated rings. The number of ether oxygens (including phenoxy) is 1. The van der Waals surface area contributed by atoms with E-state index in [9.17, 15) is 9.59 Å². The van der Waals surface area contributed by atoms with Gasteiger partial charge in [-0.2, -0.15) is 0 Å². The van der Waals surface area contributed by atoms with Crippen molar-refractivity contribution in [2.24, 2.45) is 0 Å². The molecule has 1 aliphatic rings. The van der Waals surface area contributed by atoms with Gasteiger partial charge in [0, 0.05) is 42.7 Å². The lowest BCUT2D eigenvalue weighted by Crippen LogP contribution is -2.37. The summed E-state index contributed by atoms with van der Waals surface area (Å²) in [5.74, 6) is 2.31. The van der Waals surface area contributed by atoms with Crippen molar-refractivity contribution in [1.29, 1.82) is 0 Å². The number of anilines is 1. The topological polar surface area (TPSA) is 92.4 Å². The van der Waals surface area contributed by atoms with Crippen molar-refractivity contribution in [3.05, 3.63) is 47.8 Å². The van der Waals surface area contributed by atoms with Crippen molar-refractivity contribution in [1.82, 2.24) is 15.6 Å². The molecule has 2 heterocycles. The van der Waals surface area contributed by atoms with Crippen molar-refractivity contribution in [3.63, 3.8) is 0 Å². The number of benzene rings is 1. The summed E-state index contributed by atoms with van der Waals surface area (Å²) in [6, 6.07) is 8.56. The molecular weight excluding hydrogens is 423 g/mol. The molecule has 152 valence electrons. The van der Waals surface area contributed by atoms with Crippen LogP contribution in [0.2, 0.25) is 0 Å². The second-order valence-corrected chi connectivity index (χ2v) is 6.83. The average molecular weight is 445 g/mol. The molecule has 1 unspecified atom stereocenters. The van der Waals surface area contributed by atoms with Crippen LogP contribution in [0.15, 0.2) is 36.5 Å². The second-order valence-electron chi connectivity index (χ2n) is 5.80. The third-order valence-corrected chi connectivity index (χ3v) is 4.85. The van der Waals surface area contributed by atoms with Gasteiger partial charge in [-0.1, -0.05) is 6.07 Å². The van der Waals surface area contributed by atoms with Crippen LogP contribution in [-0.2, 0) is 4.79 Å². The third kappa shape index (κ3) is 6.00. The van der Waals surface area contributed by atoms with E-state index < -0.39 is 0 Å². The monoisotopic (exact) mass is 444 g/mol. The number of halogens is 2. The number of nitrogens with one attached hydrogen (secondary N) is 3. The van der Waals surface area contributed by atoms with Crippen molar-refractivity contribution >= 4 is 54.1 Å². The fourth-order valence-electron chi connectivity index (χ4n) is 2.43. The van der Waals surface area contributed by atoms with Crippen LogP contribution in [0.4, 0.5) is 5.69 Å². The Morgan fingerprint density at radius 3 is 2.71 bits per heavy atom. The first-order valence-electron chi connectivity index (χ1n) is 8.15. The van der Waals surface area contributed by atoms with Gasteiger partial charge >= 0.3 is 0 Å². The van der Waals surface area contributed by atoms with Gasteiger partial charge in [0.25, 0.3) is 5.91 Å². The van der Waals surface area contributed by atoms with E-state index in [1.807, 2.05) is 19.1 Å². The lowest BCUT2D eigenvalue weighted by molar-refractivity contribution is -0.117. The predicted molar refractivity (Wildman–Crippen MR) is 116 cm³/mol. The van der Waals surface area contributed by atoms with Crippen LogP contribution in [0.3, 0.4) is 0 Å². The number of aromatic nitrogens is 1. The highest BCUT2D eigenvalue weighted by atomic mass is 35.5. The van der Waals surface area contributed by atoms with Crippen LogP contribution in [0, 0.1) is 6.92 Å². The van der Waals surface area contributed by atoms with Gasteiger partial charge in [0.15, 0.2) is 0 Å². The maximum absolute atomic E-state index is 12.2. The van der Waals surface area contributed by atoms with E-state index in [1.165, 1.54) is 6.20 Å². The molecule has 3 rings (SSSR count). The molecule has 1 aromatic heterocycles. The molecule has 0 bridgehead atoms. The van der Waals surface area contributed by atoms with Crippen LogP contribution in [-0.4, -0.2) is 41.5 Å². The summed E-state index contributed by atoms with van der Waals surface area (Å²) in [5.41, 5.74) is 1.85. The van der Waals surface area contributed by atoms with Crippen LogP contribution < -0.4 is 20.7 Å². The quantitative estimate of drug-likeness (QED) is 0.656. The lowest BCUT2D eigenvalue weighted by Gasteiger charge is -2.14. The fraction of sp³-hybridized carbons (Fsp3) is 0.278. The van der Waals surface area contributed by atoms with Crippen molar-refractivity contribution < 1.29 is 14.3 Å². The first-order valence-corrected chi connectivity index (χ1v) is 9.31. The van der Waals surface area contributed by atoms with Crippen LogP contribution in [0.1, 0.15) is 16.1 Å². The van der Waals surface area contributed by atoms with E-state index in [1.54, 1.807) is 37.0 Å². The summed E-state index contributed by atoms with van der Waals surface area (Å²) < 4.78 is 5.90. The number of amides is 2. The average Bonchev–Trinajstić information content (AvgIpc) is 3.19. The fourth-order valence-corrected chi connectivity index (χ4v) is 3.38. The maximum Gasteiger partial charge on any atom is 0.269 e. The number of nitrogens with zero attached hydrogens (tertiary/aromatic N) is 1. The van der Waals surface area contributed by atoms with Crippen LogP contribution >= 0.6 is 36.6 Å². The van der Waals surface area contributed by atoms with Gasteiger partial charge in [-0.05, 0) is 24.6 Å². The molecule has 1 atom stereocenters. The Labute approximate surface area is 180 Å². The molecule has 28 heavy (non-hydrogen) atoms. The Balaban J connectivity index is 0.00000196. The van der Waals surface area contributed by atoms with Gasteiger partial charge in [-0.3, -0.25) is 19.9 Å². The normalized spacial score (nSPS) is 15.0.